The van der Waals surface area contributed by atoms with Crippen LogP contribution in [0.4, 0.5) is 4.39 Å². The fourth-order valence-corrected chi connectivity index (χ4v) is 5.21. The van der Waals surface area contributed by atoms with E-state index in [1.165, 1.54) is 6.08 Å². The second-order valence-corrected chi connectivity index (χ2v) is 9.29. The van der Waals surface area contributed by atoms with Crippen LogP contribution in [0.25, 0.3) is 0 Å². The molecular formula is C26H37FN6O. The minimum atomic E-state index is -0.833. The van der Waals surface area contributed by atoms with E-state index in [0.717, 1.165) is 62.1 Å². The lowest BCUT2D eigenvalue weighted by Gasteiger charge is -2.48. The Morgan fingerprint density at radius 3 is 2.76 bits per heavy atom. The molecule has 0 bridgehead atoms. The molecule has 8 heteroatoms. The minimum Gasteiger partial charge on any atom is -0.373 e. The van der Waals surface area contributed by atoms with E-state index in [1.807, 2.05) is 32.3 Å². The van der Waals surface area contributed by atoms with E-state index in [0.29, 0.717) is 5.57 Å². The van der Waals surface area contributed by atoms with Gasteiger partial charge in [-0.15, -0.1) is 0 Å². The molecule has 2 N–H and O–H groups in total. The predicted molar refractivity (Wildman–Crippen MR) is 134 cm³/mol. The lowest BCUT2D eigenvalue weighted by molar-refractivity contribution is -0.0331. The highest BCUT2D eigenvalue weighted by molar-refractivity contribution is 5.81. The summed E-state index contributed by atoms with van der Waals surface area (Å²) in [5, 5.41) is 24.0. The van der Waals surface area contributed by atoms with Gasteiger partial charge in [-0.1, -0.05) is 18.7 Å². The summed E-state index contributed by atoms with van der Waals surface area (Å²) in [6, 6.07) is 1.75. The van der Waals surface area contributed by atoms with Gasteiger partial charge in [0.05, 0.1) is 12.1 Å². The Bertz CT molecular complexity index is 949. The Morgan fingerprint density at radius 1 is 1.38 bits per heavy atom. The van der Waals surface area contributed by atoms with Crippen molar-refractivity contribution in [1.29, 1.82) is 5.26 Å². The average Bonchev–Trinajstić information content (AvgIpc) is 3.10. The number of aliphatic imine (C=N–C) groups is 1. The van der Waals surface area contributed by atoms with E-state index in [-0.39, 0.29) is 18.0 Å². The molecule has 184 valence electrons. The fourth-order valence-electron chi connectivity index (χ4n) is 5.21. The van der Waals surface area contributed by atoms with Crippen molar-refractivity contribution >= 4 is 6.21 Å². The molecule has 3 heterocycles. The minimum absolute atomic E-state index is 0.0582. The zero-order valence-corrected chi connectivity index (χ0v) is 20.7. The number of nitriles is 1. The molecule has 4 atom stereocenters. The third kappa shape index (κ3) is 5.49. The van der Waals surface area contributed by atoms with Crippen molar-refractivity contribution < 1.29 is 9.50 Å². The standard InChI is InChI=1S/C26H37FN6O/c1-6-19(16-21(27)10-11-28)23-18(2)25(33-14-7-12-29-13-15-33)32(5)26(34)24(23)20-8-9-22(30-17-20)31(3)4/h6,8,10,16-17,22-24,26,29,34H,1,7,9,12-15H2,2-5H3/b19-16+,21-10-. The molecule has 0 amide bonds. The van der Waals surface area contributed by atoms with Crippen LogP contribution in [-0.2, 0) is 0 Å². The number of aliphatic hydroxyl groups is 1. The summed E-state index contributed by atoms with van der Waals surface area (Å²) in [7, 11) is 5.90. The van der Waals surface area contributed by atoms with E-state index < -0.39 is 12.1 Å². The van der Waals surface area contributed by atoms with Gasteiger partial charge in [-0.05, 0) is 56.8 Å². The molecule has 0 spiro atoms. The monoisotopic (exact) mass is 468 g/mol. The van der Waals surface area contributed by atoms with Gasteiger partial charge in [0.1, 0.15) is 24.0 Å². The van der Waals surface area contributed by atoms with Gasteiger partial charge in [-0.2, -0.15) is 5.26 Å². The Morgan fingerprint density at radius 2 is 2.15 bits per heavy atom. The third-order valence-electron chi connectivity index (χ3n) is 6.91. The number of dihydropyridines is 1. The predicted octanol–water partition coefficient (Wildman–Crippen LogP) is 2.79. The third-order valence-corrected chi connectivity index (χ3v) is 6.91. The van der Waals surface area contributed by atoms with Gasteiger partial charge in [0, 0.05) is 51.2 Å². The molecule has 0 saturated carbocycles. The lowest BCUT2D eigenvalue weighted by atomic mass is 9.72. The highest BCUT2D eigenvalue weighted by Crippen LogP contribution is 2.44. The van der Waals surface area contributed by atoms with Crippen LogP contribution in [0.1, 0.15) is 19.8 Å². The molecule has 7 nitrogen and oxygen atoms in total. The van der Waals surface area contributed by atoms with Gasteiger partial charge in [-0.3, -0.25) is 9.89 Å². The maximum absolute atomic E-state index is 14.5. The number of nitrogens with zero attached hydrogens (tertiary/aromatic N) is 5. The van der Waals surface area contributed by atoms with E-state index >= 15 is 0 Å². The number of hydrogen-bond acceptors (Lipinski definition) is 7. The van der Waals surface area contributed by atoms with Gasteiger partial charge in [0.2, 0.25) is 0 Å². The summed E-state index contributed by atoms with van der Waals surface area (Å²) in [6.45, 7) is 9.52. The van der Waals surface area contributed by atoms with Crippen molar-refractivity contribution in [1.82, 2.24) is 20.0 Å². The normalized spacial score (nSPS) is 29.2. The van der Waals surface area contributed by atoms with Crippen LogP contribution < -0.4 is 5.32 Å². The lowest BCUT2D eigenvalue weighted by Crippen LogP contribution is -2.52. The molecule has 1 saturated heterocycles. The Balaban J connectivity index is 2.12. The average molecular weight is 469 g/mol. The van der Waals surface area contributed by atoms with Crippen LogP contribution >= 0.6 is 0 Å². The van der Waals surface area contributed by atoms with E-state index in [1.54, 1.807) is 12.1 Å². The molecule has 0 aromatic rings. The van der Waals surface area contributed by atoms with Crippen molar-refractivity contribution in [3.8, 4) is 6.07 Å². The smallest absolute Gasteiger partial charge is 0.135 e. The van der Waals surface area contributed by atoms with Gasteiger partial charge >= 0.3 is 0 Å². The second-order valence-electron chi connectivity index (χ2n) is 9.29. The summed E-state index contributed by atoms with van der Waals surface area (Å²) >= 11 is 0. The molecule has 3 aliphatic heterocycles. The summed E-state index contributed by atoms with van der Waals surface area (Å²) in [5.74, 6) is -0.336. The SMILES string of the molecule is C=C/C(=C\C(F)=C\C#N)C1C(C)=C(N2CCCNCC2)N(C)C(O)C1C1=CCC(N(C)C)N=C1. The summed E-state index contributed by atoms with van der Waals surface area (Å²) < 4.78 is 14.5. The number of nitrogens with one attached hydrogen (secondary N) is 1. The molecule has 0 aromatic carbocycles. The first kappa shape index (κ1) is 25.9. The molecule has 0 aromatic heterocycles. The molecule has 3 rings (SSSR count). The van der Waals surface area contributed by atoms with Gasteiger partial charge in [0.15, 0.2) is 0 Å². The number of rotatable bonds is 6. The Labute approximate surface area is 202 Å². The van der Waals surface area contributed by atoms with Gasteiger partial charge in [-0.25, -0.2) is 4.39 Å². The van der Waals surface area contributed by atoms with Crippen molar-refractivity contribution in [2.75, 3.05) is 47.3 Å². The van der Waals surface area contributed by atoms with E-state index in [2.05, 4.69) is 34.7 Å². The Kier molecular flexibility index (Phi) is 8.84. The number of allylic oxidation sites excluding steroid dienone is 6. The van der Waals surface area contributed by atoms with Crippen molar-refractivity contribution in [3.05, 3.63) is 59.3 Å². The number of halogens is 1. The Hall–Kier alpha value is -2.73. The van der Waals surface area contributed by atoms with Gasteiger partial charge in [0.25, 0.3) is 0 Å². The summed E-state index contributed by atoms with van der Waals surface area (Å²) in [6.07, 6.45) is 8.82. The van der Waals surface area contributed by atoms with Crippen molar-refractivity contribution in [2.24, 2.45) is 16.8 Å². The van der Waals surface area contributed by atoms with E-state index in [9.17, 15) is 9.50 Å². The molecule has 34 heavy (non-hydrogen) atoms. The quantitative estimate of drug-likeness (QED) is 0.461. The highest BCUT2D eigenvalue weighted by Gasteiger charge is 2.43. The largest absolute Gasteiger partial charge is 0.373 e. The summed E-state index contributed by atoms with van der Waals surface area (Å²) in [4.78, 5) is 11.0. The van der Waals surface area contributed by atoms with Gasteiger partial charge < -0.3 is 20.2 Å². The highest BCUT2D eigenvalue weighted by atomic mass is 19.1. The zero-order valence-electron chi connectivity index (χ0n) is 20.7. The molecule has 1 fully saturated rings. The molecule has 0 radical (unpaired) electrons. The molecule has 3 aliphatic rings. The van der Waals surface area contributed by atoms with Crippen molar-refractivity contribution in [2.45, 2.75) is 32.2 Å². The molecular weight excluding hydrogens is 431 g/mol. The molecule has 0 aliphatic carbocycles. The van der Waals surface area contributed by atoms with E-state index in [4.69, 9.17) is 10.3 Å². The first-order chi connectivity index (χ1) is 16.3. The van der Waals surface area contributed by atoms with Crippen LogP contribution in [0.2, 0.25) is 0 Å². The first-order valence-electron chi connectivity index (χ1n) is 11.9. The summed E-state index contributed by atoms with van der Waals surface area (Å²) in [5.41, 5.74) is 2.60. The second kappa shape index (κ2) is 11.6. The maximum Gasteiger partial charge on any atom is 0.135 e. The van der Waals surface area contributed by atoms with Crippen LogP contribution in [0.15, 0.2) is 64.2 Å². The van der Waals surface area contributed by atoms with Crippen molar-refractivity contribution in [3.63, 3.8) is 0 Å². The van der Waals surface area contributed by atoms with Crippen LogP contribution in [0.5, 0.6) is 0 Å². The van der Waals surface area contributed by atoms with Crippen LogP contribution in [0.3, 0.4) is 0 Å². The number of aliphatic hydroxyl groups excluding tert-OH is 1. The fraction of sp³-hybridized carbons (Fsp3) is 0.538. The first-order valence-corrected chi connectivity index (χ1v) is 11.9. The van der Waals surface area contributed by atoms with Crippen LogP contribution in [0, 0.1) is 23.2 Å². The van der Waals surface area contributed by atoms with Crippen LogP contribution in [-0.4, -0.2) is 85.7 Å². The zero-order chi connectivity index (χ0) is 24.8. The maximum atomic E-state index is 14.5. The number of hydrogen-bond donors (Lipinski definition) is 2. The molecule has 4 unspecified atom stereocenters. The topological polar surface area (TPSA) is 78.1 Å².